The fourth-order valence-electron chi connectivity index (χ4n) is 2.08. The first-order valence-corrected chi connectivity index (χ1v) is 6.76. The minimum atomic E-state index is -0.354. The first-order chi connectivity index (χ1) is 8.63. The molecule has 98 valence electrons. The lowest BCUT2D eigenvalue weighted by molar-refractivity contribution is -0.00285. The van der Waals surface area contributed by atoms with Crippen LogP contribution in [0.3, 0.4) is 0 Å². The van der Waals surface area contributed by atoms with Gasteiger partial charge in [-0.2, -0.15) is 0 Å². The Bertz CT molecular complexity index is 453. The van der Waals surface area contributed by atoms with Crippen LogP contribution in [-0.2, 0) is 4.74 Å². The van der Waals surface area contributed by atoms with Crippen LogP contribution in [0.2, 0.25) is 0 Å². The molecule has 0 aliphatic carbocycles. The normalized spacial score (nSPS) is 19.9. The SMILES string of the molecule is CCC1COCCN1C(=O)c1ccc(F)cc1Br. The van der Waals surface area contributed by atoms with E-state index in [2.05, 4.69) is 15.9 Å². The van der Waals surface area contributed by atoms with Crippen molar-refractivity contribution in [3.05, 3.63) is 34.1 Å². The molecule has 1 aliphatic heterocycles. The molecule has 0 radical (unpaired) electrons. The van der Waals surface area contributed by atoms with Crippen LogP contribution in [0.25, 0.3) is 0 Å². The number of ether oxygens (including phenoxy) is 1. The average molecular weight is 316 g/mol. The van der Waals surface area contributed by atoms with Crippen LogP contribution < -0.4 is 0 Å². The van der Waals surface area contributed by atoms with E-state index in [9.17, 15) is 9.18 Å². The number of morpholine rings is 1. The van der Waals surface area contributed by atoms with Gasteiger partial charge >= 0.3 is 0 Å². The minimum Gasteiger partial charge on any atom is -0.377 e. The lowest BCUT2D eigenvalue weighted by atomic mass is 10.1. The number of hydrogen-bond donors (Lipinski definition) is 0. The minimum absolute atomic E-state index is 0.0722. The summed E-state index contributed by atoms with van der Waals surface area (Å²) in [5.74, 6) is -0.426. The highest BCUT2D eigenvalue weighted by molar-refractivity contribution is 9.10. The predicted molar refractivity (Wildman–Crippen MR) is 70.0 cm³/mol. The molecule has 0 saturated carbocycles. The molecule has 1 amide bonds. The highest BCUT2D eigenvalue weighted by Gasteiger charge is 2.27. The molecule has 1 aliphatic rings. The molecule has 0 bridgehead atoms. The standard InChI is InChI=1S/C13H15BrFNO2/c1-2-10-8-18-6-5-16(10)13(17)11-4-3-9(15)7-12(11)14/h3-4,7,10H,2,5-6,8H2,1H3. The first-order valence-electron chi connectivity index (χ1n) is 5.97. The molecule has 1 atom stereocenters. The fraction of sp³-hybridized carbons (Fsp3) is 0.462. The van der Waals surface area contributed by atoms with E-state index in [-0.39, 0.29) is 17.8 Å². The number of carbonyl (C=O) groups is 1. The number of hydrogen-bond acceptors (Lipinski definition) is 2. The van der Waals surface area contributed by atoms with Gasteiger partial charge in [-0.1, -0.05) is 6.92 Å². The molecule has 1 saturated heterocycles. The van der Waals surface area contributed by atoms with Crippen LogP contribution in [0.15, 0.2) is 22.7 Å². The fourth-order valence-corrected chi connectivity index (χ4v) is 2.60. The summed E-state index contributed by atoms with van der Waals surface area (Å²) in [5.41, 5.74) is 0.497. The molecular formula is C13H15BrFNO2. The van der Waals surface area contributed by atoms with Crippen molar-refractivity contribution in [2.24, 2.45) is 0 Å². The molecule has 0 aromatic heterocycles. The van der Waals surface area contributed by atoms with E-state index >= 15 is 0 Å². The Labute approximate surface area is 114 Å². The van der Waals surface area contributed by atoms with Gasteiger partial charge in [0, 0.05) is 11.0 Å². The van der Waals surface area contributed by atoms with E-state index < -0.39 is 0 Å². The van der Waals surface area contributed by atoms with Gasteiger partial charge in [0.15, 0.2) is 0 Å². The lowest BCUT2D eigenvalue weighted by Gasteiger charge is -2.35. The summed E-state index contributed by atoms with van der Waals surface area (Å²) >= 11 is 3.24. The Kier molecular flexibility index (Phi) is 4.35. The molecule has 0 spiro atoms. The topological polar surface area (TPSA) is 29.5 Å². The van der Waals surface area contributed by atoms with Crippen molar-refractivity contribution >= 4 is 21.8 Å². The van der Waals surface area contributed by atoms with Gasteiger partial charge in [0.1, 0.15) is 5.82 Å². The van der Waals surface area contributed by atoms with Crippen molar-refractivity contribution in [1.29, 1.82) is 0 Å². The molecule has 1 fully saturated rings. The molecule has 3 nitrogen and oxygen atoms in total. The molecular weight excluding hydrogens is 301 g/mol. The highest BCUT2D eigenvalue weighted by Crippen LogP contribution is 2.22. The third-order valence-corrected chi connectivity index (χ3v) is 3.78. The second kappa shape index (κ2) is 5.80. The maximum atomic E-state index is 13.0. The Balaban J connectivity index is 2.24. The van der Waals surface area contributed by atoms with Gasteiger partial charge in [-0.05, 0) is 40.5 Å². The molecule has 18 heavy (non-hydrogen) atoms. The van der Waals surface area contributed by atoms with Crippen molar-refractivity contribution < 1.29 is 13.9 Å². The summed E-state index contributed by atoms with van der Waals surface area (Å²) in [6.07, 6.45) is 0.852. The number of nitrogens with zero attached hydrogens (tertiary/aromatic N) is 1. The molecule has 1 unspecified atom stereocenters. The Hall–Kier alpha value is -0.940. The van der Waals surface area contributed by atoms with Crippen molar-refractivity contribution in [2.45, 2.75) is 19.4 Å². The molecule has 1 aromatic carbocycles. The van der Waals surface area contributed by atoms with E-state index in [1.54, 1.807) is 0 Å². The monoisotopic (exact) mass is 315 g/mol. The third-order valence-electron chi connectivity index (χ3n) is 3.12. The average Bonchev–Trinajstić information content (AvgIpc) is 2.38. The zero-order valence-electron chi connectivity index (χ0n) is 10.2. The summed E-state index contributed by atoms with van der Waals surface area (Å²) in [4.78, 5) is 14.2. The van der Waals surface area contributed by atoms with Gasteiger partial charge in [-0.3, -0.25) is 4.79 Å². The molecule has 5 heteroatoms. The van der Waals surface area contributed by atoms with Crippen LogP contribution in [0.5, 0.6) is 0 Å². The van der Waals surface area contributed by atoms with Gasteiger partial charge < -0.3 is 9.64 Å². The third kappa shape index (κ3) is 2.72. The van der Waals surface area contributed by atoms with E-state index in [4.69, 9.17) is 4.74 Å². The van der Waals surface area contributed by atoms with E-state index in [0.29, 0.717) is 29.8 Å². The quantitative estimate of drug-likeness (QED) is 0.840. The van der Waals surface area contributed by atoms with Gasteiger partial charge in [-0.25, -0.2) is 4.39 Å². The summed E-state index contributed by atoms with van der Waals surface area (Å²) in [7, 11) is 0. The summed E-state index contributed by atoms with van der Waals surface area (Å²) < 4.78 is 18.9. The maximum Gasteiger partial charge on any atom is 0.255 e. The zero-order chi connectivity index (χ0) is 13.1. The van der Waals surface area contributed by atoms with Crippen molar-refractivity contribution in [3.8, 4) is 0 Å². The maximum absolute atomic E-state index is 13.0. The Morgan fingerprint density at radius 2 is 2.39 bits per heavy atom. The summed E-state index contributed by atoms with van der Waals surface area (Å²) in [5, 5.41) is 0. The molecule has 1 aromatic rings. The van der Waals surface area contributed by atoms with Crippen LogP contribution >= 0.6 is 15.9 Å². The second-order valence-corrected chi connectivity index (χ2v) is 5.11. The first kappa shape index (κ1) is 13.5. The number of halogens is 2. The number of amides is 1. The van der Waals surface area contributed by atoms with Crippen LogP contribution in [0.1, 0.15) is 23.7 Å². The van der Waals surface area contributed by atoms with Crippen molar-refractivity contribution in [3.63, 3.8) is 0 Å². The van der Waals surface area contributed by atoms with Gasteiger partial charge in [0.05, 0.1) is 24.8 Å². The number of carbonyl (C=O) groups excluding carboxylic acids is 1. The summed E-state index contributed by atoms with van der Waals surface area (Å²) in [6, 6.07) is 4.24. The van der Waals surface area contributed by atoms with Gasteiger partial charge in [-0.15, -0.1) is 0 Å². The molecule has 0 N–H and O–H groups in total. The highest BCUT2D eigenvalue weighted by atomic mass is 79.9. The second-order valence-electron chi connectivity index (χ2n) is 4.26. The Morgan fingerprint density at radius 3 is 3.06 bits per heavy atom. The van der Waals surface area contributed by atoms with Gasteiger partial charge in [0.2, 0.25) is 0 Å². The van der Waals surface area contributed by atoms with Crippen LogP contribution in [-0.4, -0.2) is 36.6 Å². The van der Waals surface area contributed by atoms with E-state index in [1.165, 1.54) is 18.2 Å². The molecule has 1 heterocycles. The van der Waals surface area contributed by atoms with Crippen molar-refractivity contribution in [2.75, 3.05) is 19.8 Å². The van der Waals surface area contributed by atoms with Crippen molar-refractivity contribution in [1.82, 2.24) is 4.90 Å². The summed E-state index contributed by atoms with van der Waals surface area (Å²) in [6.45, 7) is 3.74. The van der Waals surface area contributed by atoms with Crippen LogP contribution in [0.4, 0.5) is 4.39 Å². The number of benzene rings is 1. The smallest absolute Gasteiger partial charge is 0.255 e. The zero-order valence-corrected chi connectivity index (χ0v) is 11.7. The van der Waals surface area contributed by atoms with Crippen LogP contribution in [0, 0.1) is 5.82 Å². The number of rotatable bonds is 2. The Morgan fingerprint density at radius 1 is 1.61 bits per heavy atom. The molecule has 2 rings (SSSR count). The largest absolute Gasteiger partial charge is 0.377 e. The van der Waals surface area contributed by atoms with Gasteiger partial charge in [0.25, 0.3) is 5.91 Å². The van der Waals surface area contributed by atoms with E-state index in [0.717, 1.165) is 6.42 Å². The van der Waals surface area contributed by atoms with E-state index in [1.807, 2.05) is 11.8 Å². The predicted octanol–water partition coefficient (Wildman–Crippen LogP) is 2.84. The lowest BCUT2D eigenvalue weighted by Crippen LogP contribution is -2.48.